The highest BCUT2D eigenvalue weighted by atomic mass is 16.7. The minimum Gasteiger partial charge on any atom is -0.372 e. The van der Waals surface area contributed by atoms with E-state index in [4.69, 9.17) is 9.47 Å². The highest BCUT2D eigenvalue weighted by Gasteiger charge is 2.33. The van der Waals surface area contributed by atoms with Gasteiger partial charge in [-0.2, -0.15) is 0 Å². The molecule has 0 spiro atoms. The Hall–Kier alpha value is -1.59. The van der Waals surface area contributed by atoms with E-state index in [1.807, 2.05) is 11.8 Å². The lowest BCUT2D eigenvalue weighted by atomic mass is 9.89. The molecule has 1 aliphatic heterocycles. The van der Waals surface area contributed by atoms with E-state index < -0.39 is 6.29 Å². The largest absolute Gasteiger partial charge is 0.372 e. The predicted octanol–water partition coefficient (Wildman–Crippen LogP) is 2.72. The van der Waals surface area contributed by atoms with Crippen LogP contribution in [0.1, 0.15) is 37.3 Å². The molecular weight excluding hydrogens is 292 g/mol. The molecule has 5 nitrogen and oxygen atoms in total. The van der Waals surface area contributed by atoms with E-state index in [-0.39, 0.29) is 11.9 Å². The van der Waals surface area contributed by atoms with Gasteiger partial charge in [0.25, 0.3) is 0 Å². The highest BCUT2D eigenvalue weighted by Crippen LogP contribution is 2.37. The van der Waals surface area contributed by atoms with Gasteiger partial charge in [-0.25, -0.2) is 0 Å². The van der Waals surface area contributed by atoms with Crippen LogP contribution >= 0.6 is 0 Å². The Morgan fingerprint density at radius 2 is 1.87 bits per heavy atom. The zero-order chi connectivity index (χ0) is 16.4. The number of rotatable bonds is 5. The molecular formula is C18H26N2O3. The van der Waals surface area contributed by atoms with Crippen molar-refractivity contribution < 1.29 is 14.3 Å². The summed E-state index contributed by atoms with van der Waals surface area (Å²) in [4.78, 5) is 14.6. The summed E-state index contributed by atoms with van der Waals surface area (Å²) in [6, 6.07) is 4.24. The van der Waals surface area contributed by atoms with E-state index in [1.54, 1.807) is 14.2 Å². The standard InChI is InChI=1S/C18H26N2O3/c1-4-14-18(21)20(11-17(22-2)23-3)16-10-13-8-6-5-7-12(13)9-15(16)19-14/h9-10,14,17,19H,4-8,11H2,1-3H3. The minimum absolute atomic E-state index is 0.0925. The maximum Gasteiger partial charge on any atom is 0.249 e. The lowest BCUT2D eigenvalue weighted by Gasteiger charge is -2.37. The smallest absolute Gasteiger partial charge is 0.249 e. The Morgan fingerprint density at radius 1 is 1.22 bits per heavy atom. The monoisotopic (exact) mass is 318 g/mol. The number of hydrogen-bond acceptors (Lipinski definition) is 4. The van der Waals surface area contributed by atoms with Crippen molar-refractivity contribution in [3.63, 3.8) is 0 Å². The first-order chi connectivity index (χ1) is 11.2. The van der Waals surface area contributed by atoms with Crippen LogP contribution in [0.25, 0.3) is 0 Å². The van der Waals surface area contributed by atoms with Crippen molar-refractivity contribution in [2.45, 2.75) is 51.4 Å². The number of carbonyl (C=O) groups excluding carboxylic acids is 1. The molecule has 23 heavy (non-hydrogen) atoms. The number of anilines is 2. The molecule has 0 saturated heterocycles. The van der Waals surface area contributed by atoms with Crippen LogP contribution in [-0.4, -0.2) is 39.0 Å². The molecule has 1 amide bonds. The van der Waals surface area contributed by atoms with E-state index in [0.29, 0.717) is 6.54 Å². The number of hydrogen-bond donors (Lipinski definition) is 1. The van der Waals surface area contributed by atoms with Crippen LogP contribution in [0, 0.1) is 0 Å². The average molecular weight is 318 g/mol. The number of nitrogens with zero attached hydrogens (tertiary/aromatic N) is 1. The van der Waals surface area contributed by atoms with E-state index in [2.05, 4.69) is 17.4 Å². The molecule has 0 aromatic heterocycles. The van der Waals surface area contributed by atoms with E-state index in [1.165, 1.54) is 24.0 Å². The van der Waals surface area contributed by atoms with Crippen molar-refractivity contribution in [1.29, 1.82) is 0 Å². The number of benzene rings is 1. The second-order valence-electron chi connectivity index (χ2n) is 6.30. The normalized spacial score (nSPS) is 20.3. The zero-order valence-corrected chi connectivity index (χ0v) is 14.2. The van der Waals surface area contributed by atoms with Crippen molar-refractivity contribution in [2.75, 3.05) is 31.0 Å². The molecule has 1 heterocycles. The molecule has 0 saturated carbocycles. The Labute approximate surface area is 137 Å². The van der Waals surface area contributed by atoms with Gasteiger partial charge in [-0.3, -0.25) is 4.79 Å². The van der Waals surface area contributed by atoms with Gasteiger partial charge >= 0.3 is 0 Å². The molecule has 1 N–H and O–H groups in total. The molecule has 0 bridgehead atoms. The van der Waals surface area contributed by atoms with Gasteiger partial charge in [0.15, 0.2) is 6.29 Å². The van der Waals surface area contributed by atoms with Crippen LogP contribution in [0.15, 0.2) is 12.1 Å². The van der Waals surface area contributed by atoms with Crippen LogP contribution in [0.5, 0.6) is 0 Å². The van der Waals surface area contributed by atoms with E-state index in [9.17, 15) is 4.79 Å². The first kappa shape index (κ1) is 16.3. The third-order valence-corrected chi connectivity index (χ3v) is 4.91. The molecule has 5 heteroatoms. The van der Waals surface area contributed by atoms with Gasteiger partial charge in [-0.1, -0.05) is 6.92 Å². The molecule has 1 unspecified atom stereocenters. The summed E-state index contributed by atoms with van der Waals surface area (Å²) in [6.07, 6.45) is 5.05. The summed E-state index contributed by atoms with van der Waals surface area (Å²) in [6.45, 7) is 2.44. The number of nitrogens with one attached hydrogen (secondary N) is 1. The SMILES string of the molecule is CCC1Nc2cc3c(cc2N(CC(OC)OC)C1=O)CCCC3. The molecule has 1 aromatic carbocycles. The van der Waals surface area contributed by atoms with Crippen molar-refractivity contribution in [2.24, 2.45) is 0 Å². The van der Waals surface area contributed by atoms with Crippen molar-refractivity contribution >= 4 is 17.3 Å². The van der Waals surface area contributed by atoms with Crippen LogP contribution in [-0.2, 0) is 27.1 Å². The Morgan fingerprint density at radius 3 is 2.48 bits per heavy atom. The van der Waals surface area contributed by atoms with Gasteiger partial charge in [0.05, 0.1) is 17.9 Å². The fourth-order valence-electron chi connectivity index (χ4n) is 3.53. The van der Waals surface area contributed by atoms with Gasteiger partial charge in [0.2, 0.25) is 5.91 Å². The third-order valence-electron chi connectivity index (χ3n) is 4.91. The summed E-state index contributed by atoms with van der Waals surface area (Å²) in [5.41, 5.74) is 4.81. The van der Waals surface area contributed by atoms with Gasteiger partial charge in [-0.15, -0.1) is 0 Å². The molecule has 0 fully saturated rings. The van der Waals surface area contributed by atoms with E-state index in [0.717, 1.165) is 30.6 Å². The molecule has 1 aromatic rings. The van der Waals surface area contributed by atoms with Crippen molar-refractivity contribution in [3.05, 3.63) is 23.3 Å². The summed E-state index contributed by atoms with van der Waals surface area (Å²) >= 11 is 0. The minimum atomic E-state index is -0.418. The van der Waals surface area contributed by atoms with Crippen molar-refractivity contribution in [1.82, 2.24) is 0 Å². The fraction of sp³-hybridized carbons (Fsp3) is 0.611. The first-order valence-electron chi connectivity index (χ1n) is 8.47. The average Bonchev–Trinajstić information content (AvgIpc) is 2.59. The number of amides is 1. The maximum atomic E-state index is 12.8. The number of carbonyl (C=O) groups is 1. The van der Waals surface area contributed by atoms with Crippen LogP contribution in [0.2, 0.25) is 0 Å². The second-order valence-corrected chi connectivity index (χ2v) is 6.30. The summed E-state index contributed by atoms with van der Waals surface area (Å²) in [5.74, 6) is 0.0925. The topological polar surface area (TPSA) is 50.8 Å². The van der Waals surface area contributed by atoms with Gasteiger partial charge < -0.3 is 19.7 Å². The first-order valence-corrected chi connectivity index (χ1v) is 8.47. The van der Waals surface area contributed by atoms with Gasteiger partial charge in [-0.05, 0) is 55.4 Å². The number of ether oxygens (including phenoxy) is 2. The quantitative estimate of drug-likeness (QED) is 0.848. The van der Waals surface area contributed by atoms with Crippen LogP contribution in [0.3, 0.4) is 0 Å². The molecule has 1 aliphatic carbocycles. The Kier molecular flexibility index (Phi) is 4.87. The lowest BCUT2D eigenvalue weighted by molar-refractivity contribution is -0.124. The van der Waals surface area contributed by atoms with Crippen molar-refractivity contribution in [3.8, 4) is 0 Å². The fourth-order valence-corrected chi connectivity index (χ4v) is 3.53. The summed E-state index contributed by atoms with van der Waals surface area (Å²) in [7, 11) is 3.21. The number of methoxy groups -OCH3 is 2. The second kappa shape index (κ2) is 6.89. The zero-order valence-electron chi connectivity index (χ0n) is 14.2. The summed E-state index contributed by atoms with van der Waals surface area (Å²) < 4.78 is 10.6. The third kappa shape index (κ3) is 3.08. The number of fused-ring (bicyclic) bond motifs is 2. The van der Waals surface area contributed by atoms with Crippen LogP contribution in [0.4, 0.5) is 11.4 Å². The lowest BCUT2D eigenvalue weighted by Crippen LogP contribution is -2.50. The molecule has 2 aliphatic rings. The molecule has 3 rings (SSSR count). The molecule has 126 valence electrons. The Bertz CT molecular complexity index is 584. The van der Waals surface area contributed by atoms with Gasteiger partial charge in [0.1, 0.15) is 6.04 Å². The van der Waals surface area contributed by atoms with E-state index >= 15 is 0 Å². The summed E-state index contributed by atoms with van der Waals surface area (Å²) in [5, 5.41) is 3.41. The molecule has 0 radical (unpaired) electrons. The Balaban J connectivity index is 1.99. The maximum absolute atomic E-state index is 12.8. The van der Waals surface area contributed by atoms with Crippen LogP contribution < -0.4 is 10.2 Å². The highest BCUT2D eigenvalue weighted by molar-refractivity contribution is 6.05. The molecule has 1 atom stereocenters. The predicted molar refractivity (Wildman–Crippen MR) is 90.9 cm³/mol. The number of aryl methyl sites for hydroxylation is 2. The van der Waals surface area contributed by atoms with Gasteiger partial charge in [0, 0.05) is 14.2 Å².